The Kier molecular flexibility index (Phi) is 10.5. The van der Waals surface area contributed by atoms with E-state index in [2.05, 4.69) is 240 Å². The van der Waals surface area contributed by atoms with Crippen LogP contribution in [-0.2, 0) is 12.8 Å². The van der Waals surface area contributed by atoms with Gasteiger partial charge in [-0.2, -0.15) is 0 Å². The van der Waals surface area contributed by atoms with Crippen molar-refractivity contribution in [3.05, 3.63) is 253 Å². The first-order valence-electron chi connectivity index (χ1n) is 26.6. The van der Waals surface area contributed by atoms with Gasteiger partial charge in [-0.3, -0.25) is 9.13 Å². The number of aryl methyl sites for hydroxylation is 2. The highest BCUT2D eigenvalue weighted by Gasteiger charge is 2.28. The summed E-state index contributed by atoms with van der Waals surface area (Å²) in [7, 11) is 0. The van der Waals surface area contributed by atoms with Gasteiger partial charge in [0, 0.05) is 32.7 Å². The van der Waals surface area contributed by atoms with Crippen LogP contribution in [0.3, 0.4) is 0 Å². The zero-order chi connectivity index (χ0) is 50.1. The number of allylic oxidation sites excluding steroid dienone is 8. The van der Waals surface area contributed by atoms with Gasteiger partial charge in [-0.1, -0.05) is 182 Å². The molecule has 0 saturated heterocycles. The van der Waals surface area contributed by atoms with Crippen LogP contribution in [0, 0.1) is 0 Å². The molecule has 360 valence electrons. The lowest BCUT2D eigenvalue weighted by atomic mass is 9.83. The van der Waals surface area contributed by atoms with Crippen LogP contribution in [0.15, 0.2) is 231 Å². The Labute approximate surface area is 441 Å². The molecular formula is C70H50N6. The Balaban J connectivity index is 0.999. The summed E-state index contributed by atoms with van der Waals surface area (Å²) >= 11 is 0. The van der Waals surface area contributed by atoms with Crippen LogP contribution in [0.25, 0.3) is 123 Å². The summed E-state index contributed by atoms with van der Waals surface area (Å²) in [4.78, 5) is 22.0. The molecule has 0 saturated carbocycles. The van der Waals surface area contributed by atoms with E-state index in [-0.39, 0.29) is 0 Å². The Morgan fingerprint density at radius 1 is 0.368 bits per heavy atom. The van der Waals surface area contributed by atoms with Crippen molar-refractivity contribution in [1.29, 1.82) is 0 Å². The summed E-state index contributed by atoms with van der Waals surface area (Å²) in [5.74, 6) is 1.33. The lowest BCUT2D eigenvalue weighted by molar-refractivity contribution is 0.930. The highest BCUT2D eigenvalue weighted by Crippen LogP contribution is 2.46. The zero-order valence-electron chi connectivity index (χ0n) is 41.9. The van der Waals surface area contributed by atoms with Crippen molar-refractivity contribution in [2.24, 2.45) is 0 Å². The van der Waals surface area contributed by atoms with Crippen molar-refractivity contribution in [3.63, 3.8) is 0 Å². The molecule has 12 aromatic rings. The lowest BCUT2D eigenvalue weighted by Gasteiger charge is -2.23. The van der Waals surface area contributed by atoms with E-state index in [0.29, 0.717) is 11.9 Å². The number of fused-ring (bicyclic) bond motifs is 10. The summed E-state index contributed by atoms with van der Waals surface area (Å²) in [6.07, 6.45) is 19.1. The molecular weight excluding hydrogens is 925 g/mol. The fraction of sp³-hybridized carbons (Fsp3) is 0.0857. The van der Waals surface area contributed by atoms with Crippen molar-refractivity contribution in [2.75, 3.05) is 0 Å². The van der Waals surface area contributed by atoms with Gasteiger partial charge in [0.05, 0.1) is 44.8 Å². The third-order valence-corrected chi connectivity index (χ3v) is 15.8. The molecule has 0 unspecified atom stereocenters. The van der Waals surface area contributed by atoms with E-state index >= 15 is 0 Å². The summed E-state index contributed by atoms with van der Waals surface area (Å²) in [5.41, 5.74) is 22.3. The van der Waals surface area contributed by atoms with Crippen LogP contribution in [0.4, 0.5) is 0 Å². The topological polar surface area (TPSA) is 61.4 Å². The molecule has 76 heavy (non-hydrogen) atoms. The highest BCUT2D eigenvalue weighted by molar-refractivity contribution is 6.15. The normalized spacial score (nSPS) is 14.1. The average molecular weight is 975 g/mol. The van der Waals surface area contributed by atoms with E-state index < -0.39 is 0 Å². The second-order valence-electron chi connectivity index (χ2n) is 20.3. The van der Waals surface area contributed by atoms with Crippen LogP contribution in [-0.4, -0.2) is 29.1 Å². The zero-order valence-corrected chi connectivity index (χ0v) is 41.9. The second kappa shape index (κ2) is 18.1. The fourth-order valence-corrected chi connectivity index (χ4v) is 12.1. The number of rotatable bonds is 8. The van der Waals surface area contributed by atoms with Crippen molar-refractivity contribution in [2.45, 2.75) is 38.5 Å². The van der Waals surface area contributed by atoms with Crippen LogP contribution in [0.5, 0.6) is 0 Å². The van der Waals surface area contributed by atoms with Crippen molar-refractivity contribution in [3.8, 4) is 67.8 Å². The SMILES string of the molecule is C1=CCCC(c2cc(C3=CCCC=C3)nc(-n3c4ccc(-c5ccccc5)cc4c4cc5c(cc43)-c3ccc4c6cc(-c7ccccc7)ccc6n(-c6nc(-c7ccccc7)cc(-c7ccccc7)n6)c4c3CC5)n2)=C1. The summed E-state index contributed by atoms with van der Waals surface area (Å²) < 4.78 is 4.69. The maximum absolute atomic E-state index is 5.51. The number of nitrogens with zero attached hydrogens (tertiary/aromatic N) is 6. The summed E-state index contributed by atoms with van der Waals surface area (Å²) in [6.45, 7) is 0. The molecule has 3 aliphatic carbocycles. The van der Waals surface area contributed by atoms with Gasteiger partial charge in [-0.25, -0.2) is 19.9 Å². The minimum atomic E-state index is 0.649. The standard InChI is InChI=1S/C70H50N6/c1-7-19-45(20-8-1)51-33-38-66-58(39-51)56-36-35-54-55(68(56)76(66)70-73-63(49-27-15-5-16-28-49)44-64(74-70)50-29-17-6-18-30-50)34-31-53-41-60-59-40-52(46-21-9-2-10-22-46)32-37-65(59)75(67(60)42-57(53)54)69-71-61(47-23-11-3-12-24-47)43-62(72-69)48-25-13-4-14-26-48/h1-3,5-11,13,15-23,25-30,32-33,35-44H,4,12,14,24,31,34H2. The molecule has 0 aliphatic heterocycles. The van der Waals surface area contributed by atoms with Gasteiger partial charge < -0.3 is 0 Å². The minimum absolute atomic E-state index is 0.649. The average Bonchev–Trinajstić information content (AvgIpc) is 4.15. The number of hydrogen-bond acceptors (Lipinski definition) is 4. The van der Waals surface area contributed by atoms with Gasteiger partial charge in [0.2, 0.25) is 11.9 Å². The van der Waals surface area contributed by atoms with Gasteiger partial charge in [0.25, 0.3) is 0 Å². The summed E-state index contributed by atoms with van der Waals surface area (Å²) in [5, 5.41) is 4.74. The van der Waals surface area contributed by atoms with Gasteiger partial charge in [0.1, 0.15) is 0 Å². The first-order chi connectivity index (χ1) is 37.7. The Morgan fingerprint density at radius 3 is 1.58 bits per heavy atom. The molecule has 4 aromatic heterocycles. The number of aromatic nitrogens is 6. The molecule has 8 aromatic carbocycles. The molecule has 6 nitrogen and oxygen atoms in total. The van der Waals surface area contributed by atoms with Crippen LogP contribution < -0.4 is 0 Å². The van der Waals surface area contributed by atoms with E-state index in [0.717, 1.165) is 100 Å². The molecule has 0 radical (unpaired) electrons. The quantitative estimate of drug-likeness (QED) is 0.152. The summed E-state index contributed by atoms with van der Waals surface area (Å²) in [6, 6.07) is 70.1. The maximum atomic E-state index is 5.51. The second-order valence-corrected chi connectivity index (χ2v) is 20.3. The minimum Gasteiger partial charge on any atom is -0.278 e. The lowest BCUT2D eigenvalue weighted by Crippen LogP contribution is -2.10. The molecule has 6 heteroatoms. The molecule has 0 amide bonds. The van der Waals surface area contributed by atoms with Gasteiger partial charge >= 0.3 is 0 Å². The fourth-order valence-electron chi connectivity index (χ4n) is 12.1. The molecule has 0 fully saturated rings. The first kappa shape index (κ1) is 44.0. The van der Waals surface area contributed by atoms with Crippen molar-refractivity contribution in [1.82, 2.24) is 29.1 Å². The van der Waals surface area contributed by atoms with Crippen molar-refractivity contribution < 1.29 is 0 Å². The van der Waals surface area contributed by atoms with E-state index in [4.69, 9.17) is 19.9 Å². The molecule has 0 atom stereocenters. The van der Waals surface area contributed by atoms with Crippen molar-refractivity contribution >= 4 is 54.8 Å². The monoisotopic (exact) mass is 974 g/mol. The smallest absolute Gasteiger partial charge is 0.235 e. The van der Waals surface area contributed by atoms with Crippen LogP contribution in [0.2, 0.25) is 0 Å². The van der Waals surface area contributed by atoms with E-state index in [1.54, 1.807) is 0 Å². The van der Waals surface area contributed by atoms with Crippen LogP contribution >= 0.6 is 0 Å². The molecule has 4 heterocycles. The molecule has 3 aliphatic rings. The van der Waals surface area contributed by atoms with Gasteiger partial charge in [-0.15, -0.1) is 0 Å². The van der Waals surface area contributed by atoms with Gasteiger partial charge in [0.15, 0.2) is 0 Å². The molecule has 15 rings (SSSR count). The van der Waals surface area contributed by atoms with E-state index in [1.807, 2.05) is 0 Å². The predicted octanol–water partition coefficient (Wildman–Crippen LogP) is 17.4. The van der Waals surface area contributed by atoms with E-state index in [1.165, 1.54) is 71.6 Å². The van der Waals surface area contributed by atoms with E-state index in [9.17, 15) is 0 Å². The van der Waals surface area contributed by atoms with Crippen LogP contribution in [0.1, 0.15) is 48.2 Å². The third-order valence-electron chi connectivity index (χ3n) is 15.8. The Morgan fingerprint density at radius 2 is 0.947 bits per heavy atom. The Hall–Kier alpha value is -9.52. The molecule has 0 N–H and O–H groups in total. The molecule has 0 spiro atoms. The highest BCUT2D eigenvalue weighted by atomic mass is 15.2. The maximum Gasteiger partial charge on any atom is 0.235 e. The van der Waals surface area contributed by atoms with Gasteiger partial charge in [-0.05, 0) is 143 Å². The number of hydrogen-bond donors (Lipinski definition) is 0. The third kappa shape index (κ3) is 7.47. The Bertz CT molecular complexity index is 4370. The largest absolute Gasteiger partial charge is 0.278 e. The first-order valence-corrected chi connectivity index (χ1v) is 26.6. The predicted molar refractivity (Wildman–Crippen MR) is 314 cm³/mol. The molecule has 0 bridgehead atoms. The number of benzene rings is 8.